The minimum atomic E-state index is -3.85. The number of benzene rings is 1. The Bertz CT molecular complexity index is 589. The van der Waals surface area contributed by atoms with Crippen molar-refractivity contribution < 1.29 is 17.9 Å². The lowest BCUT2D eigenvalue weighted by molar-refractivity contribution is 0.0709. The van der Waals surface area contributed by atoms with Crippen LogP contribution in [0.5, 0.6) is 0 Å². The van der Waals surface area contributed by atoms with E-state index in [2.05, 4.69) is 15.9 Å². The topological polar surface area (TPSA) is 89.7 Å². The molecule has 0 saturated carbocycles. The average Bonchev–Trinajstić information content (AvgIpc) is 2.36. The molecule has 0 saturated heterocycles. The summed E-state index contributed by atoms with van der Waals surface area (Å²) >= 11 is 3.17. The Hall–Kier alpha value is -0.960. The maximum Gasteiger partial charge on any atom is 0.253 e. The summed E-state index contributed by atoms with van der Waals surface area (Å²) in [5.74, 6) is -0.295. The summed E-state index contributed by atoms with van der Waals surface area (Å²) in [5, 5.41) is 5.08. The largest absolute Gasteiger partial charge is 0.380 e. The van der Waals surface area contributed by atoms with Crippen LogP contribution in [0.3, 0.4) is 0 Å². The van der Waals surface area contributed by atoms with Gasteiger partial charge >= 0.3 is 0 Å². The highest BCUT2D eigenvalue weighted by molar-refractivity contribution is 9.10. The Labute approximate surface area is 127 Å². The van der Waals surface area contributed by atoms with E-state index in [1.165, 1.54) is 17.0 Å². The highest BCUT2D eigenvalue weighted by Crippen LogP contribution is 2.19. The molecule has 0 aliphatic carbocycles. The molecular weight excluding hydrogens is 348 g/mol. The number of nitrogens with zero attached hydrogens (tertiary/aromatic N) is 1. The molecule has 1 amide bonds. The molecule has 0 bridgehead atoms. The quantitative estimate of drug-likeness (QED) is 0.768. The van der Waals surface area contributed by atoms with E-state index in [1.807, 2.05) is 6.92 Å². The summed E-state index contributed by atoms with van der Waals surface area (Å²) in [6.45, 7) is 3.29. The third-order valence-corrected chi connectivity index (χ3v) is 3.92. The van der Waals surface area contributed by atoms with E-state index >= 15 is 0 Å². The van der Waals surface area contributed by atoms with E-state index < -0.39 is 10.0 Å². The minimum Gasteiger partial charge on any atom is -0.380 e. The first kappa shape index (κ1) is 17.1. The van der Waals surface area contributed by atoms with Crippen molar-refractivity contribution in [3.8, 4) is 0 Å². The second kappa shape index (κ2) is 7.16. The minimum absolute atomic E-state index is 0.103. The van der Waals surface area contributed by atoms with Crippen molar-refractivity contribution in [1.82, 2.24) is 4.90 Å². The molecule has 0 spiro atoms. The molecule has 0 unspecified atom stereocenters. The van der Waals surface area contributed by atoms with Crippen LogP contribution >= 0.6 is 15.9 Å². The molecule has 6 nitrogen and oxygen atoms in total. The van der Waals surface area contributed by atoms with Crippen LogP contribution < -0.4 is 5.14 Å². The summed E-state index contributed by atoms with van der Waals surface area (Å²) in [6, 6.07) is 4.17. The Morgan fingerprint density at radius 3 is 2.60 bits per heavy atom. The normalized spacial score (nSPS) is 11.4. The number of primary sulfonamides is 1. The van der Waals surface area contributed by atoms with Gasteiger partial charge in [-0.25, -0.2) is 13.6 Å². The van der Waals surface area contributed by atoms with Gasteiger partial charge in [0.1, 0.15) is 0 Å². The predicted octanol–water partition coefficient (Wildman–Crippen LogP) is 1.21. The molecule has 0 heterocycles. The van der Waals surface area contributed by atoms with Gasteiger partial charge in [-0.15, -0.1) is 0 Å². The maximum absolute atomic E-state index is 12.2. The molecule has 1 aromatic carbocycles. The Kier molecular flexibility index (Phi) is 6.12. The van der Waals surface area contributed by atoms with Crippen LogP contribution in [0.4, 0.5) is 0 Å². The number of nitrogens with two attached hydrogens (primary N) is 1. The van der Waals surface area contributed by atoms with Crippen molar-refractivity contribution in [2.75, 3.05) is 26.8 Å². The Morgan fingerprint density at radius 1 is 1.40 bits per heavy atom. The molecule has 1 rings (SSSR count). The van der Waals surface area contributed by atoms with Crippen LogP contribution in [0, 0.1) is 0 Å². The highest BCUT2D eigenvalue weighted by Gasteiger charge is 2.16. The van der Waals surface area contributed by atoms with Crippen molar-refractivity contribution in [1.29, 1.82) is 0 Å². The van der Waals surface area contributed by atoms with Gasteiger partial charge in [0.25, 0.3) is 5.91 Å². The number of halogens is 1. The zero-order valence-corrected chi connectivity index (χ0v) is 13.7. The van der Waals surface area contributed by atoms with Crippen LogP contribution in [0.15, 0.2) is 27.6 Å². The SMILES string of the molecule is CCOCCN(C)C(=O)c1cc(Br)cc(S(N)(=O)=O)c1. The van der Waals surface area contributed by atoms with Crippen LogP contribution in [0.2, 0.25) is 0 Å². The first-order valence-electron chi connectivity index (χ1n) is 5.92. The summed E-state index contributed by atoms with van der Waals surface area (Å²) in [7, 11) is -2.23. The number of likely N-dealkylation sites (N-methyl/N-ethyl adjacent to an activating group) is 1. The smallest absolute Gasteiger partial charge is 0.253 e. The van der Waals surface area contributed by atoms with Gasteiger partial charge in [0.2, 0.25) is 10.0 Å². The standard InChI is InChI=1S/C12H17BrN2O4S/c1-3-19-5-4-15(2)12(16)9-6-10(13)8-11(7-9)20(14,17)18/h6-8H,3-5H2,1-2H3,(H2,14,17,18). The molecule has 0 aromatic heterocycles. The van der Waals surface area contributed by atoms with Crippen LogP contribution in [0.25, 0.3) is 0 Å². The van der Waals surface area contributed by atoms with E-state index in [1.54, 1.807) is 13.1 Å². The lowest BCUT2D eigenvalue weighted by Crippen LogP contribution is -2.30. The molecule has 0 aliphatic heterocycles. The molecular formula is C12H17BrN2O4S. The zero-order valence-electron chi connectivity index (χ0n) is 11.3. The summed E-state index contributed by atoms with van der Waals surface area (Å²) in [6.07, 6.45) is 0. The number of ether oxygens (including phenoxy) is 1. The van der Waals surface area contributed by atoms with Crippen molar-refractivity contribution in [2.45, 2.75) is 11.8 Å². The van der Waals surface area contributed by atoms with Gasteiger partial charge in [0.05, 0.1) is 11.5 Å². The number of sulfonamides is 1. The summed E-state index contributed by atoms with van der Waals surface area (Å²) < 4.78 is 28.4. The van der Waals surface area contributed by atoms with Gasteiger partial charge in [-0.3, -0.25) is 4.79 Å². The van der Waals surface area contributed by atoms with Gasteiger partial charge in [-0.05, 0) is 25.1 Å². The van der Waals surface area contributed by atoms with Crippen LogP contribution in [-0.2, 0) is 14.8 Å². The Balaban J connectivity index is 2.96. The van der Waals surface area contributed by atoms with E-state index in [0.717, 1.165) is 0 Å². The predicted molar refractivity (Wildman–Crippen MR) is 79.0 cm³/mol. The summed E-state index contributed by atoms with van der Waals surface area (Å²) in [4.78, 5) is 13.5. The maximum atomic E-state index is 12.2. The van der Waals surface area contributed by atoms with E-state index in [-0.39, 0.29) is 16.4 Å². The van der Waals surface area contributed by atoms with Gasteiger partial charge in [-0.1, -0.05) is 15.9 Å². The average molecular weight is 365 g/mol. The molecule has 112 valence electrons. The summed E-state index contributed by atoms with van der Waals surface area (Å²) in [5.41, 5.74) is 0.252. The fourth-order valence-electron chi connectivity index (χ4n) is 1.52. The van der Waals surface area contributed by atoms with Gasteiger partial charge in [0, 0.05) is 30.2 Å². The van der Waals surface area contributed by atoms with Crippen molar-refractivity contribution >= 4 is 31.9 Å². The first-order valence-corrected chi connectivity index (χ1v) is 8.26. The van der Waals surface area contributed by atoms with Gasteiger partial charge < -0.3 is 9.64 Å². The number of rotatable bonds is 6. The zero-order chi connectivity index (χ0) is 15.3. The number of hydrogen-bond donors (Lipinski definition) is 1. The monoisotopic (exact) mass is 364 g/mol. The second-order valence-electron chi connectivity index (χ2n) is 4.14. The number of carbonyl (C=O) groups is 1. The molecule has 8 heteroatoms. The molecule has 0 fully saturated rings. The molecule has 0 atom stereocenters. The molecule has 0 radical (unpaired) electrons. The lowest BCUT2D eigenvalue weighted by Gasteiger charge is -2.17. The molecule has 2 N–H and O–H groups in total. The first-order chi connectivity index (χ1) is 9.25. The third-order valence-electron chi connectivity index (χ3n) is 2.57. The molecule has 20 heavy (non-hydrogen) atoms. The number of amides is 1. The highest BCUT2D eigenvalue weighted by atomic mass is 79.9. The number of carbonyl (C=O) groups excluding carboxylic acids is 1. The van der Waals surface area contributed by atoms with Crippen LogP contribution in [-0.4, -0.2) is 46.0 Å². The lowest BCUT2D eigenvalue weighted by atomic mass is 10.2. The fourth-order valence-corrected chi connectivity index (χ4v) is 2.75. The number of hydrogen-bond acceptors (Lipinski definition) is 4. The molecule has 1 aromatic rings. The van der Waals surface area contributed by atoms with Crippen LogP contribution in [0.1, 0.15) is 17.3 Å². The van der Waals surface area contributed by atoms with Gasteiger partial charge in [0.15, 0.2) is 0 Å². The van der Waals surface area contributed by atoms with E-state index in [9.17, 15) is 13.2 Å². The third kappa shape index (κ3) is 4.86. The fraction of sp³-hybridized carbons (Fsp3) is 0.417. The van der Waals surface area contributed by atoms with Crippen molar-refractivity contribution in [3.63, 3.8) is 0 Å². The van der Waals surface area contributed by atoms with E-state index in [0.29, 0.717) is 24.2 Å². The van der Waals surface area contributed by atoms with E-state index in [4.69, 9.17) is 9.88 Å². The second-order valence-corrected chi connectivity index (χ2v) is 6.62. The van der Waals surface area contributed by atoms with Crippen molar-refractivity contribution in [3.05, 3.63) is 28.2 Å². The van der Waals surface area contributed by atoms with Crippen molar-refractivity contribution in [2.24, 2.45) is 5.14 Å². The Morgan fingerprint density at radius 2 is 2.05 bits per heavy atom. The molecule has 0 aliphatic rings. The van der Waals surface area contributed by atoms with Gasteiger partial charge in [-0.2, -0.15) is 0 Å².